The van der Waals surface area contributed by atoms with Crippen LogP contribution in [0, 0.1) is 40.5 Å². The third-order valence-electron chi connectivity index (χ3n) is 12.6. The highest BCUT2D eigenvalue weighted by Gasteiger charge is 2.35. The number of hydrogen-bond donors (Lipinski definition) is 8. The van der Waals surface area contributed by atoms with Gasteiger partial charge in [-0.1, -0.05) is 0 Å². The molecule has 0 saturated heterocycles. The standard InChI is InChI=1S/C14H26N2O6.C14H28N2O4.C13H24N2O6.C9H18N2O4.C8H16N2O4/c1-13(2,3)22-12(18)15-10(11(17)21-6)8-7-9-14(4,5)16(19)20;1-13(2,3)20-12(18)16-10(11(17)19-6)8-7-9-14(4,5)15;1-12(2,3)21-11(18)14-9(10(16)17)7-6-8-13(4,5)15(19)20;1-9(2,11(13)14)6-4-5-7(10)8(12)15-3;1-8(2,10(13)14)5-3-4-6(9)7(11)12/h10H,7-9H2,1-6H3,(H,15,18);10H,7-9,15H2,1-6H3,(H,16,18);9H,6-8H2,1-5H3,(H,14,18)(H,16,17);7H,4-6,10H2,1-3H3;6H,3-5,9H2,1-2H3,(H,11,12)/t2*10-;9-;7-;6-/m00000/s1. The number of nitrogens with one attached hydrogen (secondary N) is 3. The molecule has 34 nitrogen and oxygen atoms in total. The Balaban J connectivity index is -0.000000346. The van der Waals surface area contributed by atoms with Crippen LogP contribution in [-0.2, 0) is 52.4 Å². The van der Waals surface area contributed by atoms with Crippen LogP contribution in [0.1, 0.15) is 228 Å². The van der Waals surface area contributed by atoms with Gasteiger partial charge in [0.1, 0.15) is 47.0 Å². The second-order valence-electron chi connectivity index (χ2n) is 27.8. The van der Waals surface area contributed by atoms with Crippen LogP contribution >= 0.6 is 0 Å². The van der Waals surface area contributed by atoms with Crippen molar-refractivity contribution >= 4 is 48.1 Å². The van der Waals surface area contributed by atoms with E-state index in [-0.39, 0.29) is 52.4 Å². The van der Waals surface area contributed by atoms with Crippen molar-refractivity contribution in [2.75, 3.05) is 21.3 Å². The number of nitrogens with zero attached hydrogens (tertiary/aromatic N) is 4. The minimum absolute atomic E-state index is 0.103. The third kappa shape index (κ3) is 50.3. The highest BCUT2D eigenvalue weighted by molar-refractivity contribution is 5.82. The normalized spacial score (nSPS) is 13.4. The Bertz CT molecular complexity index is 2340. The molecule has 0 unspecified atom stereocenters. The number of carboxylic acids is 2. The van der Waals surface area contributed by atoms with Crippen molar-refractivity contribution in [3.05, 3.63) is 40.5 Å². The Kier molecular flexibility index (Phi) is 43.3. The number of methoxy groups -OCH3 is 3. The van der Waals surface area contributed by atoms with Gasteiger partial charge in [0.15, 0.2) is 0 Å². The smallest absolute Gasteiger partial charge is 0.408 e. The van der Waals surface area contributed by atoms with Gasteiger partial charge in [-0.2, -0.15) is 0 Å². The molecular weight excluding hydrogens is 1220 g/mol. The van der Waals surface area contributed by atoms with Gasteiger partial charge in [-0.3, -0.25) is 50.0 Å². The molecule has 0 aromatic heterocycles. The van der Waals surface area contributed by atoms with Crippen LogP contribution in [0.2, 0.25) is 0 Å². The van der Waals surface area contributed by atoms with Crippen molar-refractivity contribution in [3.8, 4) is 0 Å². The van der Waals surface area contributed by atoms with Gasteiger partial charge in [0.05, 0.1) is 21.3 Å². The summed E-state index contributed by atoms with van der Waals surface area (Å²) >= 11 is 0. The minimum Gasteiger partial charge on any atom is -0.480 e. The molecular formula is C58H112N10O24. The molecule has 0 spiro atoms. The summed E-state index contributed by atoms with van der Waals surface area (Å²) in [5.41, 5.74) is 10.2. The fourth-order valence-corrected chi connectivity index (χ4v) is 6.90. The van der Waals surface area contributed by atoms with Crippen molar-refractivity contribution in [1.29, 1.82) is 0 Å². The zero-order chi connectivity index (χ0) is 73.8. The SMILES string of the molecule is CC(C)(C)OC(=O)N[C@@H](CCCC(C)(C)[N+](=O)[O-])C(=O)O.CC(C)(CCC[C@H](N)C(=O)O)[N+](=O)[O-].COC(=O)[C@@H](N)CCCC(C)(C)[N+](=O)[O-].COC(=O)[C@H](CCCC(C)(C)N)NC(=O)OC(C)(C)C.COC(=O)[C@H](CCCC(C)(C)[N+](=O)[O-])NC(=O)OC(C)(C)C. The van der Waals surface area contributed by atoms with Crippen molar-refractivity contribution in [2.24, 2.45) is 17.2 Å². The predicted molar refractivity (Wildman–Crippen MR) is 339 cm³/mol. The molecule has 3 amide bonds. The number of carboxylic acid groups (broad SMARTS) is 2. The first-order chi connectivity index (χ1) is 41.3. The van der Waals surface area contributed by atoms with E-state index in [0.29, 0.717) is 57.8 Å². The Labute approximate surface area is 540 Å². The number of carbonyl (C=O) groups is 8. The first kappa shape index (κ1) is 93.4. The van der Waals surface area contributed by atoms with Crippen LogP contribution in [0.4, 0.5) is 14.4 Å². The molecule has 0 aliphatic rings. The number of carbonyl (C=O) groups excluding carboxylic acids is 6. The van der Waals surface area contributed by atoms with E-state index in [4.69, 9.17) is 41.6 Å². The highest BCUT2D eigenvalue weighted by Crippen LogP contribution is 2.22. The summed E-state index contributed by atoms with van der Waals surface area (Å²) in [5.74, 6) is -3.83. The van der Waals surface area contributed by atoms with Gasteiger partial charge in [0.2, 0.25) is 22.2 Å². The molecule has 0 bridgehead atoms. The van der Waals surface area contributed by atoms with E-state index < -0.39 is 122 Å². The van der Waals surface area contributed by atoms with Gasteiger partial charge in [-0.25, -0.2) is 28.8 Å². The number of nitro groups is 4. The molecule has 0 aromatic carbocycles. The predicted octanol–water partition coefficient (Wildman–Crippen LogP) is 7.76. The van der Waals surface area contributed by atoms with Gasteiger partial charge in [-0.05, 0) is 147 Å². The van der Waals surface area contributed by atoms with Crippen LogP contribution in [0.5, 0.6) is 0 Å². The molecule has 0 rings (SSSR count). The number of ether oxygens (including phenoxy) is 6. The summed E-state index contributed by atoms with van der Waals surface area (Å²) in [7, 11) is 3.77. The lowest BCUT2D eigenvalue weighted by atomic mass is 9.96. The summed E-state index contributed by atoms with van der Waals surface area (Å²) in [6.45, 7) is 31.4. The first-order valence-corrected chi connectivity index (χ1v) is 29.8. The van der Waals surface area contributed by atoms with E-state index in [9.17, 15) is 78.8 Å². The zero-order valence-electron chi connectivity index (χ0n) is 58.4. The molecule has 11 N–H and O–H groups in total. The number of aliphatic carboxylic acids is 2. The topological polar surface area (TPSA) is 519 Å². The van der Waals surface area contributed by atoms with Crippen molar-refractivity contribution in [3.63, 3.8) is 0 Å². The zero-order valence-corrected chi connectivity index (χ0v) is 58.4. The van der Waals surface area contributed by atoms with E-state index in [2.05, 4.69) is 30.2 Å². The summed E-state index contributed by atoms with van der Waals surface area (Å²) in [6, 6.07) is -4.32. The Hall–Kier alpha value is -7.36. The van der Waals surface area contributed by atoms with Gasteiger partial charge < -0.3 is 71.8 Å². The van der Waals surface area contributed by atoms with Crippen molar-refractivity contribution in [2.45, 2.75) is 303 Å². The number of rotatable bonds is 32. The van der Waals surface area contributed by atoms with Crippen LogP contribution in [0.15, 0.2) is 0 Å². The van der Waals surface area contributed by atoms with Gasteiger partial charge >= 0.3 is 48.1 Å². The Morgan fingerprint density at radius 2 is 0.609 bits per heavy atom. The second kappa shape index (κ2) is 42.7. The molecule has 0 aromatic rings. The van der Waals surface area contributed by atoms with Crippen LogP contribution in [0.25, 0.3) is 0 Å². The molecule has 0 aliphatic carbocycles. The molecule has 0 heterocycles. The summed E-state index contributed by atoms with van der Waals surface area (Å²) in [6.07, 6.45) is 3.68. The second-order valence-corrected chi connectivity index (χ2v) is 27.8. The van der Waals surface area contributed by atoms with Crippen LogP contribution in [-0.4, -0.2) is 174 Å². The Morgan fingerprint density at radius 1 is 0.380 bits per heavy atom. The molecule has 0 radical (unpaired) electrons. The molecule has 0 saturated carbocycles. The first-order valence-electron chi connectivity index (χ1n) is 29.8. The average Bonchev–Trinajstić information content (AvgIpc) is 1.10. The maximum atomic E-state index is 11.7. The minimum atomic E-state index is -1.19. The number of nitrogens with two attached hydrogens (primary N) is 3. The molecule has 92 heavy (non-hydrogen) atoms. The molecule has 0 fully saturated rings. The number of hydrogen-bond acceptors (Lipinski definition) is 25. The van der Waals surface area contributed by atoms with Gasteiger partial charge in [-0.15, -0.1) is 0 Å². The van der Waals surface area contributed by atoms with E-state index in [1.807, 2.05) is 13.8 Å². The number of amides is 3. The highest BCUT2D eigenvalue weighted by atomic mass is 16.6. The summed E-state index contributed by atoms with van der Waals surface area (Å²) < 4.78 is 29.0. The fraction of sp³-hybridized carbons (Fsp3) is 0.862. The maximum Gasteiger partial charge on any atom is 0.408 e. The van der Waals surface area contributed by atoms with Crippen molar-refractivity contribution in [1.82, 2.24) is 16.0 Å². The fourth-order valence-electron chi connectivity index (χ4n) is 6.90. The van der Waals surface area contributed by atoms with E-state index in [1.54, 1.807) is 76.2 Å². The Morgan fingerprint density at radius 3 is 0.826 bits per heavy atom. The lowest BCUT2D eigenvalue weighted by Gasteiger charge is -2.23. The van der Waals surface area contributed by atoms with Crippen molar-refractivity contribution < 1.29 is 96.7 Å². The molecule has 538 valence electrons. The van der Waals surface area contributed by atoms with Gasteiger partial charge in [0.25, 0.3) is 0 Å². The molecule has 5 atom stereocenters. The average molecular weight is 1330 g/mol. The third-order valence-corrected chi connectivity index (χ3v) is 12.6. The quantitative estimate of drug-likeness (QED) is 0.0138. The molecule has 34 heteroatoms. The lowest BCUT2D eigenvalue weighted by Crippen LogP contribution is -2.44. The van der Waals surface area contributed by atoms with Gasteiger partial charge in [0, 0.05) is 106 Å². The maximum absolute atomic E-state index is 11.7. The van der Waals surface area contributed by atoms with Crippen LogP contribution < -0.4 is 33.2 Å². The largest absolute Gasteiger partial charge is 0.480 e. The monoisotopic (exact) mass is 1330 g/mol. The number of alkyl carbamates (subject to hydrolysis) is 3. The summed E-state index contributed by atoms with van der Waals surface area (Å²) in [4.78, 5) is 132. The van der Waals surface area contributed by atoms with E-state index in [1.165, 1.54) is 62.9 Å². The summed E-state index contributed by atoms with van der Waals surface area (Å²) in [5, 5.41) is 67.4. The molecule has 0 aliphatic heterocycles. The van der Waals surface area contributed by atoms with Crippen LogP contribution in [0.3, 0.4) is 0 Å². The van der Waals surface area contributed by atoms with E-state index >= 15 is 0 Å². The number of esters is 3. The lowest BCUT2D eigenvalue weighted by molar-refractivity contribution is -0.561. The van der Waals surface area contributed by atoms with E-state index in [0.717, 1.165) is 6.42 Å².